The lowest BCUT2D eigenvalue weighted by atomic mass is 9.94. The molecule has 182 valence electrons. The lowest BCUT2D eigenvalue weighted by Crippen LogP contribution is -2.46. The van der Waals surface area contributed by atoms with E-state index in [1.165, 1.54) is 19.2 Å². The molecule has 2 amide bonds. The Labute approximate surface area is 208 Å². The highest BCUT2D eigenvalue weighted by molar-refractivity contribution is 6.01. The second-order valence-electron chi connectivity index (χ2n) is 8.74. The van der Waals surface area contributed by atoms with Crippen molar-refractivity contribution >= 4 is 17.3 Å². The van der Waals surface area contributed by atoms with E-state index in [2.05, 4.69) is 15.5 Å². The number of nitrogens with one attached hydrogen (secondary N) is 1. The number of aromatic nitrogens is 2. The zero-order valence-corrected chi connectivity index (χ0v) is 20.4. The van der Waals surface area contributed by atoms with E-state index in [1.54, 1.807) is 11.0 Å². The van der Waals surface area contributed by atoms with Crippen molar-refractivity contribution in [3.05, 3.63) is 101 Å². The molecule has 1 N–H and O–H groups in total. The van der Waals surface area contributed by atoms with Crippen molar-refractivity contribution in [2.45, 2.75) is 26.8 Å². The number of hydrogen-bond acceptors (Lipinski definition) is 5. The first-order valence-corrected chi connectivity index (χ1v) is 11.5. The Kier molecular flexibility index (Phi) is 6.01. The van der Waals surface area contributed by atoms with E-state index in [9.17, 15) is 9.18 Å². The van der Waals surface area contributed by atoms with Gasteiger partial charge < -0.3 is 14.6 Å². The third kappa shape index (κ3) is 4.22. The Bertz CT molecular complexity index is 1460. The Morgan fingerprint density at radius 2 is 1.64 bits per heavy atom. The molecule has 7 nitrogen and oxygen atoms in total. The van der Waals surface area contributed by atoms with E-state index in [4.69, 9.17) is 9.26 Å². The highest BCUT2D eigenvalue weighted by Crippen LogP contribution is 2.39. The van der Waals surface area contributed by atoms with E-state index >= 15 is 0 Å². The molecule has 0 radical (unpaired) electrons. The van der Waals surface area contributed by atoms with Gasteiger partial charge in [0.1, 0.15) is 0 Å². The number of benzene rings is 3. The lowest BCUT2D eigenvalue weighted by Gasteiger charge is -2.35. The van der Waals surface area contributed by atoms with E-state index in [1.807, 2.05) is 69.3 Å². The van der Waals surface area contributed by atoms with Crippen molar-refractivity contribution in [3.63, 3.8) is 0 Å². The molecule has 36 heavy (non-hydrogen) atoms. The van der Waals surface area contributed by atoms with Crippen molar-refractivity contribution in [1.29, 1.82) is 0 Å². The molecule has 5 rings (SSSR count). The van der Waals surface area contributed by atoms with Crippen LogP contribution in [0.15, 0.2) is 77.0 Å². The summed E-state index contributed by atoms with van der Waals surface area (Å²) in [6.45, 7) is 5.85. The van der Waals surface area contributed by atoms with Crippen LogP contribution in [0.5, 0.6) is 5.75 Å². The lowest BCUT2D eigenvalue weighted by molar-refractivity contribution is 0.244. The minimum absolute atomic E-state index is 0.129. The van der Waals surface area contributed by atoms with E-state index in [0.717, 1.165) is 16.7 Å². The molecule has 1 aromatic heterocycles. The van der Waals surface area contributed by atoms with Crippen LogP contribution >= 0.6 is 0 Å². The summed E-state index contributed by atoms with van der Waals surface area (Å²) < 4.78 is 25.0. The van der Waals surface area contributed by atoms with Gasteiger partial charge in [0.2, 0.25) is 5.82 Å². The SMILES string of the molecule is COc1ccc(-c2noc(C3=C(C)N(c4ccc(C)cc4)C(=O)NC3c3ccc(C)cc3)n2)cc1F. The number of anilines is 1. The van der Waals surface area contributed by atoms with Crippen LogP contribution in [0.4, 0.5) is 14.9 Å². The summed E-state index contributed by atoms with van der Waals surface area (Å²) in [7, 11) is 1.40. The van der Waals surface area contributed by atoms with Gasteiger partial charge in [-0.2, -0.15) is 4.98 Å². The molecule has 0 bridgehead atoms. The first-order chi connectivity index (χ1) is 17.4. The minimum Gasteiger partial charge on any atom is -0.494 e. The van der Waals surface area contributed by atoms with Gasteiger partial charge in [-0.15, -0.1) is 0 Å². The van der Waals surface area contributed by atoms with E-state index < -0.39 is 11.9 Å². The molecule has 0 fully saturated rings. The number of ether oxygens (including phenoxy) is 1. The Hall–Kier alpha value is -4.46. The molecular weight excluding hydrogens is 459 g/mol. The topological polar surface area (TPSA) is 80.5 Å². The number of nitrogens with zero attached hydrogens (tertiary/aromatic N) is 3. The van der Waals surface area contributed by atoms with Crippen molar-refractivity contribution in [1.82, 2.24) is 15.5 Å². The second-order valence-corrected chi connectivity index (χ2v) is 8.74. The number of urea groups is 1. The first kappa shape index (κ1) is 23.3. The van der Waals surface area contributed by atoms with Gasteiger partial charge in [-0.1, -0.05) is 52.7 Å². The Morgan fingerprint density at radius 3 is 2.28 bits per heavy atom. The number of hydrogen-bond donors (Lipinski definition) is 1. The maximum absolute atomic E-state index is 14.3. The van der Waals surface area contributed by atoms with Gasteiger partial charge in [0.25, 0.3) is 5.89 Å². The largest absolute Gasteiger partial charge is 0.494 e. The quantitative estimate of drug-likeness (QED) is 0.365. The molecule has 0 saturated heterocycles. The van der Waals surface area contributed by atoms with Gasteiger partial charge in [-0.3, -0.25) is 4.90 Å². The van der Waals surface area contributed by atoms with Crippen molar-refractivity contribution in [3.8, 4) is 17.1 Å². The standard InChI is InChI=1S/C28H25FN4O3/c1-16-5-9-19(10-6-16)25-24(18(3)33(28(34)30-25)21-12-7-17(2)8-13-21)27-31-26(32-36-27)20-11-14-23(35-4)22(29)15-20/h5-15,25H,1-4H3,(H,30,34). The fourth-order valence-electron chi connectivity index (χ4n) is 4.29. The van der Waals surface area contributed by atoms with Crippen LogP contribution in [-0.2, 0) is 0 Å². The van der Waals surface area contributed by atoms with E-state index in [0.29, 0.717) is 22.5 Å². The van der Waals surface area contributed by atoms with Crippen molar-refractivity contribution in [2.75, 3.05) is 12.0 Å². The number of halogens is 1. The average Bonchev–Trinajstić information content (AvgIpc) is 3.35. The smallest absolute Gasteiger partial charge is 0.326 e. The van der Waals surface area contributed by atoms with Gasteiger partial charge in [-0.05, 0) is 56.7 Å². The first-order valence-electron chi connectivity index (χ1n) is 11.5. The zero-order valence-electron chi connectivity index (χ0n) is 20.4. The van der Waals surface area contributed by atoms with Crippen LogP contribution in [0.2, 0.25) is 0 Å². The number of allylic oxidation sites excluding steroid dienone is 1. The van der Waals surface area contributed by atoms with Crippen LogP contribution < -0.4 is 15.0 Å². The number of rotatable bonds is 5. The maximum atomic E-state index is 14.3. The summed E-state index contributed by atoms with van der Waals surface area (Å²) in [4.78, 5) is 19.5. The van der Waals surface area contributed by atoms with Crippen LogP contribution in [0.3, 0.4) is 0 Å². The highest BCUT2D eigenvalue weighted by atomic mass is 19.1. The predicted molar refractivity (Wildman–Crippen MR) is 135 cm³/mol. The Morgan fingerprint density at radius 1 is 0.972 bits per heavy atom. The molecule has 0 aliphatic carbocycles. The molecular formula is C28H25FN4O3. The molecule has 1 unspecified atom stereocenters. The third-order valence-electron chi connectivity index (χ3n) is 6.25. The van der Waals surface area contributed by atoms with Gasteiger partial charge >= 0.3 is 6.03 Å². The van der Waals surface area contributed by atoms with E-state index in [-0.39, 0.29) is 23.5 Å². The highest BCUT2D eigenvalue weighted by Gasteiger charge is 2.36. The molecule has 8 heteroatoms. The summed E-state index contributed by atoms with van der Waals surface area (Å²) in [5, 5.41) is 7.20. The van der Waals surface area contributed by atoms with Crippen molar-refractivity contribution in [2.24, 2.45) is 0 Å². The molecule has 0 spiro atoms. The fourth-order valence-corrected chi connectivity index (χ4v) is 4.29. The van der Waals surface area contributed by atoms with Gasteiger partial charge in [0, 0.05) is 11.3 Å². The summed E-state index contributed by atoms with van der Waals surface area (Å²) in [5.41, 5.74) is 5.55. The van der Waals surface area contributed by atoms with Gasteiger partial charge in [-0.25, -0.2) is 9.18 Å². The minimum atomic E-state index is -0.523. The average molecular weight is 485 g/mol. The number of methoxy groups -OCH3 is 1. The monoisotopic (exact) mass is 484 g/mol. The van der Waals surface area contributed by atoms with Crippen LogP contribution in [-0.4, -0.2) is 23.3 Å². The van der Waals surface area contributed by atoms with Crippen molar-refractivity contribution < 1.29 is 18.4 Å². The van der Waals surface area contributed by atoms with Crippen LogP contribution in [0.25, 0.3) is 17.0 Å². The molecule has 1 aliphatic heterocycles. The number of carbonyl (C=O) groups is 1. The summed E-state index contributed by atoms with van der Waals surface area (Å²) in [6, 6.07) is 19.3. The molecule has 4 aromatic rings. The summed E-state index contributed by atoms with van der Waals surface area (Å²) in [5.74, 6) is 0.0728. The Balaban J connectivity index is 1.63. The summed E-state index contributed by atoms with van der Waals surface area (Å²) >= 11 is 0. The normalized spacial score (nSPS) is 15.8. The third-order valence-corrected chi connectivity index (χ3v) is 6.25. The molecule has 3 aromatic carbocycles. The number of amides is 2. The fraction of sp³-hybridized carbons (Fsp3) is 0.179. The van der Waals surface area contributed by atoms with Crippen LogP contribution in [0, 0.1) is 19.7 Å². The van der Waals surface area contributed by atoms with Gasteiger partial charge in [0.05, 0.1) is 24.4 Å². The molecule has 0 saturated carbocycles. The summed E-state index contributed by atoms with van der Waals surface area (Å²) in [6.07, 6.45) is 0. The maximum Gasteiger partial charge on any atom is 0.326 e. The number of carbonyl (C=O) groups excluding carboxylic acids is 1. The van der Waals surface area contributed by atoms with Crippen LogP contribution in [0.1, 0.15) is 35.5 Å². The second kappa shape index (κ2) is 9.30. The zero-order chi connectivity index (χ0) is 25.4. The molecule has 1 atom stereocenters. The number of aryl methyl sites for hydroxylation is 2. The predicted octanol–water partition coefficient (Wildman–Crippen LogP) is 6.20. The molecule has 2 heterocycles. The van der Waals surface area contributed by atoms with Gasteiger partial charge in [0.15, 0.2) is 11.6 Å². The molecule has 1 aliphatic rings.